The van der Waals surface area contributed by atoms with Gasteiger partial charge < -0.3 is 14.0 Å². The first-order valence-electron chi connectivity index (χ1n) is 9.77. The lowest BCUT2D eigenvalue weighted by Gasteiger charge is -2.30. The molecule has 0 aliphatic carbocycles. The summed E-state index contributed by atoms with van der Waals surface area (Å²) in [6.07, 6.45) is 1.71. The van der Waals surface area contributed by atoms with E-state index in [-0.39, 0.29) is 29.8 Å². The van der Waals surface area contributed by atoms with Crippen molar-refractivity contribution in [3.63, 3.8) is 0 Å². The van der Waals surface area contributed by atoms with E-state index in [1.807, 2.05) is 0 Å². The molecule has 1 aliphatic rings. The highest BCUT2D eigenvalue weighted by molar-refractivity contribution is 7.89. The Bertz CT molecular complexity index is 954. The van der Waals surface area contributed by atoms with Crippen LogP contribution in [0, 0.1) is 19.8 Å². The van der Waals surface area contributed by atoms with E-state index >= 15 is 0 Å². The van der Waals surface area contributed by atoms with Gasteiger partial charge in [0, 0.05) is 24.5 Å². The fourth-order valence-corrected chi connectivity index (χ4v) is 5.34. The number of hydrogen-bond donors (Lipinski definition) is 0. The summed E-state index contributed by atoms with van der Waals surface area (Å²) in [5, 5.41) is 4.36. The molecule has 0 radical (unpaired) electrons. The SMILES string of the molecule is Cc1noc(C)c1S(=O)(=O)N1CCCC(C(=O)OCCCOc2ccc(Cl)cc2)C1. The van der Waals surface area contributed by atoms with Crippen molar-refractivity contribution in [1.29, 1.82) is 0 Å². The van der Waals surface area contributed by atoms with Gasteiger partial charge in [-0.25, -0.2) is 8.42 Å². The molecule has 2 aromatic rings. The quantitative estimate of drug-likeness (QED) is 0.443. The second kappa shape index (κ2) is 9.80. The van der Waals surface area contributed by atoms with Gasteiger partial charge in [-0.05, 0) is 51.0 Å². The second-order valence-electron chi connectivity index (χ2n) is 7.18. The van der Waals surface area contributed by atoms with E-state index in [2.05, 4.69) is 5.16 Å². The molecule has 1 aliphatic heterocycles. The largest absolute Gasteiger partial charge is 0.493 e. The fourth-order valence-electron chi connectivity index (χ4n) is 3.40. The maximum absolute atomic E-state index is 13.0. The van der Waals surface area contributed by atoms with Crippen LogP contribution in [-0.4, -0.2) is 50.2 Å². The van der Waals surface area contributed by atoms with Crippen molar-refractivity contribution in [3.8, 4) is 5.75 Å². The van der Waals surface area contributed by atoms with Gasteiger partial charge in [0.15, 0.2) is 5.76 Å². The number of piperidine rings is 1. The predicted octanol–water partition coefficient (Wildman–Crippen LogP) is 3.36. The number of carbonyl (C=O) groups is 1. The zero-order valence-electron chi connectivity index (χ0n) is 17.0. The Morgan fingerprint density at radius 1 is 1.27 bits per heavy atom. The molecular weight excluding hydrogens is 432 g/mol. The molecule has 10 heteroatoms. The molecule has 1 atom stereocenters. The number of sulfonamides is 1. The van der Waals surface area contributed by atoms with Crippen LogP contribution in [-0.2, 0) is 19.6 Å². The molecular formula is C20H25ClN2O6S. The molecule has 1 fully saturated rings. The van der Waals surface area contributed by atoms with Crippen LogP contribution < -0.4 is 4.74 Å². The van der Waals surface area contributed by atoms with Gasteiger partial charge in [0.2, 0.25) is 10.0 Å². The highest BCUT2D eigenvalue weighted by Gasteiger charge is 2.37. The zero-order chi connectivity index (χ0) is 21.7. The summed E-state index contributed by atoms with van der Waals surface area (Å²) in [5.74, 6) is 0.0578. The lowest BCUT2D eigenvalue weighted by atomic mass is 10.00. The molecule has 1 aromatic carbocycles. The molecule has 3 rings (SSSR count). The maximum Gasteiger partial charge on any atom is 0.310 e. The number of benzene rings is 1. The Labute approximate surface area is 181 Å². The van der Waals surface area contributed by atoms with E-state index in [4.69, 9.17) is 25.6 Å². The number of esters is 1. The number of nitrogens with zero attached hydrogens (tertiary/aromatic N) is 2. The lowest BCUT2D eigenvalue weighted by molar-refractivity contribution is -0.150. The molecule has 0 amide bonds. The van der Waals surface area contributed by atoms with Crippen molar-refractivity contribution in [1.82, 2.24) is 9.46 Å². The van der Waals surface area contributed by atoms with Gasteiger partial charge in [-0.2, -0.15) is 4.31 Å². The van der Waals surface area contributed by atoms with Crippen LogP contribution in [0.3, 0.4) is 0 Å². The highest BCUT2D eigenvalue weighted by Crippen LogP contribution is 2.28. The monoisotopic (exact) mass is 456 g/mol. The molecule has 0 bridgehead atoms. The summed E-state index contributed by atoms with van der Waals surface area (Å²) in [7, 11) is -3.77. The smallest absolute Gasteiger partial charge is 0.310 e. The van der Waals surface area contributed by atoms with Gasteiger partial charge >= 0.3 is 5.97 Å². The number of aromatic nitrogens is 1. The average Bonchev–Trinajstić information content (AvgIpc) is 3.08. The van der Waals surface area contributed by atoms with Crippen molar-refractivity contribution < 1.29 is 27.2 Å². The van der Waals surface area contributed by atoms with Crippen LogP contribution in [0.25, 0.3) is 0 Å². The van der Waals surface area contributed by atoms with Crippen LogP contribution in [0.4, 0.5) is 0 Å². The van der Waals surface area contributed by atoms with Gasteiger partial charge in [-0.15, -0.1) is 0 Å². The lowest BCUT2D eigenvalue weighted by Crippen LogP contribution is -2.43. The molecule has 1 aromatic heterocycles. The summed E-state index contributed by atoms with van der Waals surface area (Å²) >= 11 is 5.82. The molecule has 1 saturated heterocycles. The van der Waals surface area contributed by atoms with Crippen molar-refractivity contribution in [2.45, 2.75) is 38.0 Å². The summed E-state index contributed by atoms with van der Waals surface area (Å²) in [5.41, 5.74) is 0.317. The van der Waals surface area contributed by atoms with E-state index < -0.39 is 15.9 Å². The van der Waals surface area contributed by atoms with E-state index in [0.29, 0.717) is 48.9 Å². The Kier molecular flexibility index (Phi) is 7.38. The highest BCUT2D eigenvalue weighted by atomic mass is 35.5. The Morgan fingerprint density at radius 2 is 2.00 bits per heavy atom. The van der Waals surface area contributed by atoms with E-state index in [1.165, 1.54) is 4.31 Å². The minimum atomic E-state index is -3.77. The third kappa shape index (κ3) is 5.33. The van der Waals surface area contributed by atoms with E-state index in [0.717, 1.165) is 0 Å². The van der Waals surface area contributed by atoms with Crippen molar-refractivity contribution >= 4 is 27.6 Å². The summed E-state index contributed by atoms with van der Waals surface area (Å²) < 4.78 is 43.1. The third-order valence-electron chi connectivity index (χ3n) is 4.90. The average molecular weight is 457 g/mol. The van der Waals surface area contributed by atoms with Crippen molar-refractivity contribution in [2.24, 2.45) is 5.92 Å². The standard InChI is InChI=1S/C20H25ClN2O6S/c1-14-19(15(2)29-22-14)30(25,26)23-10-3-5-16(13-23)20(24)28-12-4-11-27-18-8-6-17(21)7-9-18/h6-9,16H,3-5,10-13H2,1-2H3. The molecule has 164 valence electrons. The van der Waals surface area contributed by atoms with E-state index in [1.54, 1.807) is 38.1 Å². The minimum Gasteiger partial charge on any atom is -0.493 e. The number of halogens is 1. The molecule has 30 heavy (non-hydrogen) atoms. The first-order chi connectivity index (χ1) is 14.3. The molecule has 0 saturated carbocycles. The first-order valence-corrected chi connectivity index (χ1v) is 11.6. The maximum atomic E-state index is 13.0. The molecule has 8 nitrogen and oxygen atoms in total. The van der Waals surface area contributed by atoms with Crippen LogP contribution in [0.2, 0.25) is 5.02 Å². The van der Waals surface area contributed by atoms with Gasteiger partial charge in [-0.1, -0.05) is 16.8 Å². The first kappa shape index (κ1) is 22.6. The van der Waals surface area contributed by atoms with Gasteiger partial charge in [0.25, 0.3) is 0 Å². The van der Waals surface area contributed by atoms with Gasteiger partial charge in [0.05, 0.1) is 19.1 Å². The van der Waals surface area contributed by atoms with Crippen LogP contribution in [0.5, 0.6) is 5.75 Å². The minimum absolute atomic E-state index is 0.0795. The number of hydrogen-bond acceptors (Lipinski definition) is 7. The van der Waals surface area contributed by atoms with Gasteiger partial charge in [0.1, 0.15) is 16.3 Å². The predicted molar refractivity (Wildman–Crippen MR) is 110 cm³/mol. The van der Waals surface area contributed by atoms with E-state index in [9.17, 15) is 13.2 Å². The summed E-state index contributed by atoms with van der Waals surface area (Å²) in [6, 6.07) is 7.01. The molecule has 1 unspecified atom stereocenters. The van der Waals surface area contributed by atoms with Crippen molar-refractivity contribution in [3.05, 3.63) is 40.7 Å². The fraction of sp³-hybridized carbons (Fsp3) is 0.500. The van der Waals surface area contributed by atoms with Crippen LogP contribution in [0.1, 0.15) is 30.7 Å². The summed E-state index contributed by atoms with van der Waals surface area (Å²) in [4.78, 5) is 12.5. The zero-order valence-corrected chi connectivity index (χ0v) is 18.5. The normalized spacial score (nSPS) is 17.6. The number of rotatable bonds is 8. The number of ether oxygens (including phenoxy) is 2. The number of aryl methyl sites for hydroxylation is 2. The van der Waals surface area contributed by atoms with Gasteiger partial charge in [-0.3, -0.25) is 4.79 Å². The Morgan fingerprint density at radius 3 is 2.67 bits per heavy atom. The van der Waals surface area contributed by atoms with Crippen molar-refractivity contribution in [2.75, 3.05) is 26.3 Å². The molecule has 0 spiro atoms. The van der Waals surface area contributed by atoms with Crippen LogP contribution >= 0.6 is 11.6 Å². The molecule has 0 N–H and O–H groups in total. The Hall–Kier alpha value is -2.10. The number of carbonyl (C=O) groups excluding carboxylic acids is 1. The topological polar surface area (TPSA) is 98.9 Å². The Balaban J connectivity index is 1.48. The molecule has 2 heterocycles. The summed E-state index contributed by atoms with van der Waals surface area (Å²) in [6.45, 7) is 4.20. The second-order valence-corrected chi connectivity index (χ2v) is 9.49. The van der Waals surface area contributed by atoms with Crippen LogP contribution in [0.15, 0.2) is 33.7 Å². The third-order valence-corrected chi connectivity index (χ3v) is 7.26.